The molecule has 0 aliphatic carbocycles. The summed E-state index contributed by atoms with van der Waals surface area (Å²) < 4.78 is 6.74. The second-order valence-electron chi connectivity index (χ2n) is 5.73. The van der Waals surface area contributed by atoms with Crippen LogP contribution in [-0.2, 0) is 11.4 Å². The van der Waals surface area contributed by atoms with Crippen LogP contribution in [0.3, 0.4) is 0 Å². The number of nitrogens with one attached hydrogen (secondary N) is 1. The monoisotopic (exact) mass is 407 g/mol. The van der Waals surface area contributed by atoms with Crippen molar-refractivity contribution in [3.05, 3.63) is 63.6 Å². The largest absolute Gasteiger partial charge is 0.488 e. The van der Waals surface area contributed by atoms with Gasteiger partial charge < -0.3 is 9.84 Å². The Morgan fingerprint density at radius 1 is 1.33 bits per heavy atom. The third kappa shape index (κ3) is 4.12. The Labute approximate surface area is 153 Å². The quantitative estimate of drug-likeness (QED) is 0.780. The minimum Gasteiger partial charge on any atom is -0.488 e. The summed E-state index contributed by atoms with van der Waals surface area (Å²) in [4.78, 5) is 11.0. The van der Waals surface area contributed by atoms with Gasteiger partial charge in [0.25, 0.3) is 0 Å². The van der Waals surface area contributed by atoms with E-state index in [1.54, 1.807) is 11.8 Å². The topological polar surface area (TPSA) is 58.6 Å². The first-order chi connectivity index (χ1) is 11.5. The lowest BCUT2D eigenvalue weighted by Gasteiger charge is -2.14. The molecule has 0 spiro atoms. The number of halogens is 1. The number of hydrogen-bond acceptors (Lipinski definition) is 4. The van der Waals surface area contributed by atoms with Crippen LogP contribution >= 0.6 is 27.7 Å². The highest BCUT2D eigenvalue weighted by Gasteiger charge is 2.30. The number of carbonyl (C=O) groups is 1. The maximum Gasteiger partial charge on any atom is 0.321 e. The second kappa shape index (κ2) is 7.59. The van der Waals surface area contributed by atoms with Crippen LogP contribution in [0.1, 0.15) is 22.1 Å². The molecule has 2 N–H and O–H groups in total. The standard InChI is InChI=1S/C18H18BrNO3S/c1-11-2-4-12(5-3-11)9-23-16-7-6-13(8-14(16)19)17-20-15(10-24-17)18(21)22/h2-8,15,17,20H,9-10H2,1H3,(H,21,22). The maximum atomic E-state index is 11.0. The number of carboxylic acid groups (broad SMARTS) is 1. The molecule has 1 fully saturated rings. The highest BCUT2D eigenvalue weighted by molar-refractivity contribution is 9.10. The van der Waals surface area contributed by atoms with E-state index in [2.05, 4.69) is 52.4 Å². The van der Waals surface area contributed by atoms with Gasteiger partial charge in [0.15, 0.2) is 0 Å². The zero-order valence-corrected chi connectivity index (χ0v) is 15.6. The summed E-state index contributed by atoms with van der Waals surface area (Å²) in [6.45, 7) is 2.57. The molecule has 24 heavy (non-hydrogen) atoms. The molecular formula is C18H18BrNO3S. The van der Waals surface area contributed by atoms with Gasteiger partial charge in [0.1, 0.15) is 18.4 Å². The van der Waals surface area contributed by atoms with E-state index in [4.69, 9.17) is 9.84 Å². The van der Waals surface area contributed by atoms with Crippen LogP contribution in [0.2, 0.25) is 0 Å². The molecule has 2 atom stereocenters. The Kier molecular flexibility index (Phi) is 5.48. The number of rotatable bonds is 5. The van der Waals surface area contributed by atoms with Crippen molar-refractivity contribution < 1.29 is 14.6 Å². The van der Waals surface area contributed by atoms with E-state index in [0.717, 1.165) is 21.3 Å². The zero-order valence-electron chi connectivity index (χ0n) is 13.2. The molecule has 0 radical (unpaired) electrons. The van der Waals surface area contributed by atoms with Crippen molar-refractivity contribution in [3.8, 4) is 5.75 Å². The Morgan fingerprint density at radius 3 is 2.71 bits per heavy atom. The fourth-order valence-electron chi connectivity index (χ4n) is 2.45. The van der Waals surface area contributed by atoms with E-state index in [1.807, 2.05) is 18.2 Å². The second-order valence-corrected chi connectivity index (χ2v) is 7.73. The molecule has 1 aliphatic heterocycles. The minimum atomic E-state index is -0.804. The van der Waals surface area contributed by atoms with E-state index in [0.29, 0.717) is 12.4 Å². The predicted octanol–water partition coefficient (Wildman–Crippen LogP) is 4.12. The molecular weight excluding hydrogens is 390 g/mol. The van der Waals surface area contributed by atoms with Crippen LogP contribution in [0, 0.1) is 6.92 Å². The van der Waals surface area contributed by atoms with Crippen molar-refractivity contribution in [1.29, 1.82) is 0 Å². The van der Waals surface area contributed by atoms with Crippen molar-refractivity contribution in [3.63, 3.8) is 0 Å². The lowest BCUT2D eigenvalue weighted by atomic mass is 10.1. The highest BCUT2D eigenvalue weighted by atomic mass is 79.9. The fourth-order valence-corrected chi connectivity index (χ4v) is 4.18. The van der Waals surface area contributed by atoms with Crippen LogP contribution in [-0.4, -0.2) is 22.9 Å². The average molecular weight is 408 g/mol. The lowest BCUT2D eigenvalue weighted by molar-refractivity contribution is -0.138. The third-order valence-corrected chi connectivity index (χ3v) is 5.74. The predicted molar refractivity (Wildman–Crippen MR) is 99.4 cm³/mol. The number of aliphatic carboxylic acids is 1. The van der Waals surface area contributed by atoms with E-state index < -0.39 is 12.0 Å². The van der Waals surface area contributed by atoms with E-state index in [1.165, 1.54) is 5.56 Å². The van der Waals surface area contributed by atoms with E-state index in [9.17, 15) is 4.79 Å². The highest BCUT2D eigenvalue weighted by Crippen LogP contribution is 2.36. The summed E-state index contributed by atoms with van der Waals surface area (Å²) in [6.07, 6.45) is 0. The molecule has 2 unspecified atom stereocenters. The van der Waals surface area contributed by atoms with E-state index in [-0.39, 0.29) is 5.37 Å². The normalized spacial score (nSPS) is 20.1. The summed E-state index contributed by atoms with van der Waals surface area (Å²) in [5.41, 5.74) is 3.39. The first kappa shape index (κ1) is 17.3. The molecule has 1 heterocycles. The fraction of sp³-hybridized carbons (Fsp3) is 0.278. The smallest absolute Gasteiger partial charge is 0.321 e. The molecule has 0 saturated carbocycles. The van der Waals surface area contributed by atoms with Crippen molar-refractivity contribution in [2.24, 2.45) is 0 Å². The Bertz CT molecular complexity index is 736. The van der Waals surface area contributed by atoms with Crippen LogP contribution in [0.5, 0.6) is 5.75 Å². The van der Waals surface area contributed by atoms with Gasteiger partial charge in [-0.1, -0.05) is 35.9 Å². The number of hydrogen-bond donors (Lipinski definition) is 2. The van der Waals surface area contributed by atoms with Gasteiger partial charge in [0, 0.05) is 5.75 Å². The van der Waals surface area contributed by atoms with Crippen molar-refractivity contribution in [2.75, 3.05) is 5.75 Å². The summed E-state index contributed by atoms with van der Waals surface area (Å²) >= 11 is 5.15. The molecule has 126 valence electrons. The molecule has 1 saturated heterocycles. The molecule has 0 bridgehead atoms. The van der Waals surface area contributed by atoms with Gasteiger partial charge in [-0.25, -0.2) is 0 Å². The number of thioether (sulfide) groups is 1. The van der Waals surface area contributed by atoms with Gasteiger partial charge in [-0.15, -0.1) is 11.8 Å². The molecule has 0 amide bonds. The molecule has 3 rings (SSSR count). The van der Waals surface area contributed by atoms with Gasteiger partial charge in [-0.2, -0.15) is 0 Å². The van der Waals surface area contributed by atoms with Crippen LogP contribution in [0.15, 0.2) is 46.9 Å². The van der Waals surface area contributed by atoms with Crippen molar-refractivity contribution >= 4 is 33.7 Å². The van der Waals surface area contributed by atoms with Gasteiger partial charge in [-0.3, -0.25) is 10.1 Å². The van der Waals surface area contributed by atoms with Crippen LogP contribution in [0.25, 0.3) is 0 Å². The lowest BCUT2D eigenvalue weighted by Crippen LogP contribution is -2.33. The summed E-state index contributed by atoms with van der Waals surface area (Å²) in [5.74, 6) is 0.544. The Balaban J connectivity index is 1.64. The van der Waals surface area contributed by atoms with Gasteiger partial charge in [0.2, 0.25) is 0 Å². The molecule has 6 heteroatoms. The van der Waals surface area contributed by atoms with Gasteiger partial charge in [0.05, 0.1) is 9.85 Å². The zero-order chi connectivity index (χ0) is 17.1. The minimum absolute atomic E-state index is 0.00597. The van der Waals surface area contributed by atoms with Crippen LogP contribution < -0.4 is 10.1 Å². The SMILES string of the molecule is Cc1ccc(COc2ccc(C3NC(C(=O)O)CS3)cc2Br)cc1. The van der Waals surface area contributed by atoms with Gasteiger partial charge in [-0.05, 0) is 46.1 Å². The summed E-state index contributed by atoms with van der Waals surface area (Å²) in [6, 6.07) is 13.6. The number of carboxylic acids is 1. The summed E-state index contributed by atoms with van der Waals surface area (Å²) in [5, 5.41) is 12.2. The first-order valence-corrected chi connectivity index (χ1v) is 9.45. The third-order valence-electron chi connectivity index (χ3n) is 3.85. The molecule has 1 aliphatic rings. The van der Waals surface area contributed by atoms with Crippen molar-refractivity contribution in [1.82, 2.24) is 5.32 Å². The first-order valence-electron chi connectivity index (χ1n) is 7.61. The number of aryl methyl sites for hydroxylation is 1. The maximum absolute atomic E-state index is 11.0. The molecule has 4 nitrogen and oxygen atoms in total. The van der Waals surface area contributed by atoms with Crippen molar-refractivity contribution in [2.45, 2.75) is 24.9 Å². The molecule has 0 aromatic heterocycles. The number of ether oxygens (including phenoxy) is 1. The van der Waals surface area contributed by atoms with Gasteiger partial charge >= 0.3 is 5.97 Å². The van der Waals surface area contributed by atoms with Crippen LogP contribution in [0.4, 0.5) is 0 Å². The Hall–Kier alpha value is -1.50. The molecule has 2 aromatic rings. The summed E-state index contributed by atoms with van der Waals surface area (Å²) in [7, 11) is 0. The van der Waals surface area contributed by atoms with E-state index >= 15 is 0 Å². The molecule has 2 aromatic carbocycles. The average Bonchev–Trinajstić information content (AvgIpc) is 3.05. The number of benzene rings is 2. The Morgan fingerprint density at radius 2 is 2.08 bits per heavy atom.